The van der Waals surface area contributed by atoms with Gasteiger partial charge in [0.25, 0.3) is 5.56 Å². The Labute approximate surface area is 134 Å². The third kappa shape index (κ3) is 4.11. The molecule has 0 unspecified atom stereocenters. The van der Waals surface area contributed by atoms with Gasteiger partial charge in [-0.25, -0.2) is 4.98 Å². The summed E-state index contributed by atoms with van der Waals surface area (Å²) >= 11 is 7.50. The number of nitrogens with zero attached hydrogens (tertiary/aromatic N) is 2. The van der Waals surface area contributed by atoms with E-state index in [0.29, 0.717) is 28.8 Å². The number of rotatable bonds is 5. The minimum atomic E-state index is 0.0469. The van der Waals surface area contributed by atoms with E-state index in [0.717, 1.165) is 10.7 Å². The van der Waals surface area contributed by atoms with Crippen molar-refractivity contribution in [3.8, 4) is 0 Å². The fourth-order valence-corrected chi connectivity index (χ4v) is 3.05. The monoisotopic (exact) mass is 322 g/mol. The molecule has 0 atom stereocenters. The summed E-state index contributed by atoms with van der Waals surface area (Å²) in [5, 5.41) is 1.89. The highest BCUT2D eigenvalue weighted by molar-refractivity contribution is 7.99. The average Bonchev–Trinajstić information content (AvgIpc) is 2.44. The van der Waals surface area contributed by atoms with Crippen LogP contribution in [0.1, 0.15) is 31.9 Å². The Morgan fingerprint density at radius 1 is 1.29 bits per heavy atom. The Hall–Kier alpha value is -1.26. The van der Waals surface area contributed by atoms with Crippen LogP contribution >= 0.6 is 23.4 Å². The molecule has 0 bridgehead atoms. The number of hydrogen-bond donors (Lipinski definition) is 0. The lowest BCUT2D eigenvalue weighted by atomic mass is 10.1. The Morgan fingerprint density at radius 3 is 2.52 bits per heavy atom. The summed E-state index contributed by atoms with van der Waals surface area (Å²) in [5.41, 5.74) is 1.82. The summed E-state index contributed by atoms with van der Waals surface area (Å²) in [5.74, 6) is 0. The van der Waals surface area contributed by atoms with Crippen LogP contribution in [0.3, 0.4) is 0 Å². The van der Waals surface area contributed by atoms with Gasteiger partial charge < -0.3 is 0 Å². The number of halogens is 1. The molecular weight excluding hydrogens is 304 g/mol. The van der Waals surface area contributed by atoms with E-state index in [9.17, 15) is 4.79 Å². The predicted molar refractivity (Wildman–Crippen MR) is 89.4 cm³/mol. The van der Waals surface area contributed by atoms with Crippen LogP contribution in [-0.2, 0) is 13.0 Å². The standard InChI is InChI=1S/C16H19ClN2OS/c1-4-19-15(20)13(10-18-16(19)21-11(2)3)9-12-5-7-14(17)8-6-12/h5-8,10-11H,4,9H2,1-3H3. The van der Waals surface area contributed by atoms with Crippen LogP contribution in [0.4, 0.5) is 0 Å². The van der Waals surface area contributed by atoms with Gasteiger partial charge in [0.15, 0.2) is 5.16 Å². The first kappa shape index (κ1) is 16.1. The van der Waals surface area contributed by atoms with Crippen molar-refractivity contribution in [2.75, 3.05) is 0 Å². The summed E-state index contributed by atoms with van der Waals surface area (Å²) in [6.45, 7) is 6.80. The molecular formula is C16H19ClN2OS. The molecule has 0 spiro atoms. The van der Waals surface area contributed by atoms with E-state index in [1.54, 1.807) is 22.5 Å². The zero-order chi connectivity index (χ0) is 15.4. The van der Waals surface area contributed by atoms with E-state index in [2.05, 4.69) is 18.8 Å². The van der Waals surface area contributed by atoms with Gasteiger partial charge in [-0.2, -0.15) is 0 Å². The van der Waals surface area contributed by atoms with Crippen molar-refractivity contribution >= 4 is 23.4 Å². The molecule has 0 saturated heterocycles. The fourth-order valence-electron chi connectivity index (χ4n) is 2.05. The second-order valence-corrected chi connectivity index (χ2v) is 7.07. The van der Waals surface area contributed by atoms with E-state index in [1.807, 2.05) is 31.2 Å². The van der Waals surface area contributed by atoms with Crippen molar-refractivity contribution in [1.29, 1.82) is 0 Å². The molecule has 0 N–H and O–H groups in total. The van der Waals surface area contributed by atoms with Gasteiger partial charge in [0, 0.05) is 35.0 Å². The van der Waals surface area contributed by atoms with E-state index >= 15 is 0 Å². The maximum absolute atomic E-state index is 12.6. The summed E-state index contributed by atoms with van der Waals surface area (Å²) in [6, 6.07) is 7.56. The average molecular weight is 323 g/mol. The molecule has 1 heterocycles. The van der Waals surface area contributed by atoms with Gasteiger partial charge >= 0.3 is 0 Å². The maximum Gasteiger partial charge on any atom is 0.257 e. The molecule has 112 valence electrons. The molecule has 0 aliphatic rings. The summed E-state index contributed by atoms with van der Waals surface area (Å²) in [6.07, 6.45) is 2.28. The molecule has 0 saturated carbocycles. The van der Waals surface area contributed by atoms with Gasteiger partial charge in [0.1, 0.15) is 0 Å². The largest absolute Gasteiger partial charge is 0.288 e. The second kappa shape index (κ2) is 7.14. The molecule has 2 rings (SSSR count). The van der Waals surface area contributed by atoms with Crippen LogP contribution in [0, 0.1) is 0 Å². The lowest BCUT2D eigenvalue weighted by Gasteiger charge is -2.12. The summed E-state index contributed by atoms with van der Waals surface area (Å²) < 4.78 is 1.75. The highest BCUT2D eigenvalue weighted by Crippen LogP contribution is 2.20. The van der Waals surface area contributed by atoms with E-state index < -0.39 is 0 Å². The van der Waals surface area contributed by atoms with Crippen LogP contribution in [0.5, 0.6) is 0 Å². The molecule has 1 aromatic heterocycles. The third-order valence-corrected chi connectivity index (χ3v) is 4.31. The molecule has 0 aliphatic heterocycles. The third-order valence-electron chi connectivity index (χ3n) is 3.05. The zero-order valence-electron chi connectivity index (χ0n) is 12.5. The van der Waals surface area contributed by atoms with Gasteiger partial charge in [-0.05, 0) is 24.6 Å². The molecule has 3 nitrogen and oxygen atoms in total. The van der Waals surface area contributed by atoms with Crippen LogP contribution in [0.15, 0.2) is 40.4 Å². The van der Waals surface area contributed by atoms with E-state index in [1.165, 1.54) is 0 Å². The van der Waals surface area contributed by atoms with Crippen LogP contribution in [0.25, 0.3) is 0 Å². The zero-order valence-corrected chi connectivity index (χ0v) is 14.0. The van der Waals surface area contributed by atoms with Crippen molar-refractivity contribution in [3.05, 3.63) is 57.0 Å². The summed E-state index contributed by atoms with van der Waals surface area (Å²) in [7, 11) is 0. The van der Waals surface area contributed by atoms with E-state index in [4.69, 9.17) is 11.6 Å². The first-order valence-electron chi connectivity index (χ1n) is 7.01. The Bertz CT molecular complexity index is 665. The van der Waals surface area contributed by atoms with E-state index in [-0.39, 0.29) is 5.56 Å². The highest BCUT2D eigenvalue weighted by atomic mass is 35.5. The molecule has 0 fully saturated rings. The topological polar surface area (TPSA) is 34.9 Å². The van der Waals surface area contributed by atoms with Gasteiger partial charge in [-0.3, -0.25) is 9.36 Å². The van der Waals surface area contributed by atoms with Crippen molar-refractivity contribution in [3.63, 3.8) is 0 Å². The van der Waals surface area contributed by atoms with Crippen LogP contribution < -0.4 is 5.56 Å². The highest BCUT2D eigenvalue weighted by Gasteiger charge is 2.11. The first-order valence-corrected chi connectivity index (χ1v) is 8.26. The quantitative estimate of drug-likeness (QED) is 0.616. The minimum Gasteiger partial charge on any atom is -0.288 e. The number of benzene rings is 1. The van der Waals surface area contributed by atoms with Crippen molar-refractivity contribution in [2.45, 2.75) is 44.1 Å². The molecule has 0 amide bonds. The molecule has 2 aromatic rings. The molecule has 21 heavy (non-hydrogen) atoms. The molecule has 1 aromatic carbocycles. The second-order valence-electron chi connectivity index (χ2n) is 5.09. The molecule has 0 aliphatic carbocycles. The SMILES string of the molecule is CCn1c(SC(C)C)ncc(Cc2ccc(Cl)cc2)c1=O. The predicted octanol–water partition coefficient (Wildman–Crippen LogP) is 4.01. The van der Waals surface area contributed by atoms with Gasteiger partial charge in [0.05, 0.1) is 0 Å². The van der Waals surface area contributed by atoms with Gasteiger partial charge in [-0.1, -0.05) is 49.3 Å². The smallest absolute Gasteiger partial charge is 0.257 e. The van der Waals surface area contributed by atoms with Crippen molar-refractivity contribution < 1.29 is 0 Å². The fraction of sp³-hybridized carbons (Fsp3) is 0.375. The maximum atomic E-state index is 12.6. The summed E-state index contributed by atoms with van der Waals surface area (Å²) in [4.78, 5) is 17.0. The lowest BCUT2D eigenvalue weighted by molar-refractivity contribution is 0.613. The number of aromatic nitrogens is 2. The number of hydrogen-bond acceptors (Lipinski definition) is 3. The Morgan fingerprint density at radius 2 is 1.95 bits per heavy atom. The minimum absolute atomic E-state index is 0.0469. The number of thioether (sulfide) groups is 1. The Balaban J connectivity index is 2.33. The first-order chi connectivity index (χ1) is 10.0. The Kier molecular flexibility index (Phi) is 5.48. The van der Waals surface area contributed by atoms with Gasteiger partial charge in [0.2, 0.25) is 0 Å². The normalized spacial score (nSPS) is 11.1. The van der Waals surface area contributed by atoms with Crippen molar-refractivity contribution in [2.24, 2.45) is 0 Å². The molecule has 0 radical (unpaired) electrons. The van der Waals surface area contributed by atoms with Crippen LogP contribution in [0.2, 0.25) is 5.02 Å². The molecule has 5 heteroatoms. The lowest BCUT2D eigenvalue weighted by Crippen LogP contribution is -2.26. The van der Waals surface area contributed by atoms with Crippen molar-refractivity contribution in [1.82, 2.24) is 9.55 Å². The van der Waals surface area contributed by atoms with Gasteiger partial charge in [-0.15, -0.1) is 0 Å². The van der Waals surface area contributed by atoms with Crippen LogP contribution in [-0.4, -0.2) is 14.8 Å².